The summed E-state index contributed by atoms with van der Waals surface area (Å²) in [6.07, 6.45) is 1.34. The van der Waals surface area contributed by atoms with Crippen molar-refractivity contribution < 1.29 is 19.1 Å². The highest BCUT2D eigenvalue weighted by atomic mass is 16.6. The fourth-order valence-corrected chi connectivity index (χ4v) is 1.69. The highest BCUT2D eigenvalue weighted by Crippen LogP contribution is 2.45. The lowest BCUT2D eigenvalue weighted by molar-refractivity contribution is -0.147. The molecule has 1 fully saturated rings. The third kappa shape index (κ3) is 4.58. The lowest BCUT2D eigenvalue weighted by Crippen LogP contribution is -2.46. The maximum atomic E-state index is 11.8. The molecule has 0 aromatic heterocycles. The Balaban J connectivity index is 0.00000154. The molecule has 1 amide bonds. The normalized spacial score (nSPS) is 23.8. The second-order valence-corrected chi connectivity index (χ2v) is 4.32. The van der Waals surface area contributed by atoms with Gasteiger partial charge in [0.2, 0.25) is 0 Å². The van der Waals surface area contributed by atoms with Crippen molar-refractivity contribution in [3.05, 3.63) is 12.7 Å². The number of hydrogen-bond acceptors (Lipinski definition) is 4. The minimum Gasteiger partial charge on any atom is -0.464 e. The highest BCUT2D eigenvalue weighted by Gasteiger charge is 2.61. The molecule has 2 atom stereocenters. The standard InChI is InChI=1S/C12H19NO4.C2H6/c1-5-9-7-12(9,10(14)16-6-2)13-11(15)17-8(3)4;1-2/h5,8-9H,1,6-7H2,2-4H3,(H,13,15);1-2H3/t9-,12-;/m1./s1. The van der Waals surface area contributed by atoms with Crippen molar-refractivity contribution in [3.63, 3.8) is 0 Å². The van der Waals surface area contributed by atoms with Crippen molar-refractivity contribution in [1.29, 1.82) is 0 Å². The van der Waals surface area contributed by atoms with E-state index < -0.39 is 17.6 Å². The smallest absolute Gasteiger partial charge is 0.408 e. The summed E-state index contributed by atoms with van der Waals surface area (Å²) in [5.74, 6) is -0.508. The highest BCUT2D eigenvalue weighted by molar-refractivity contribution is 5.90. The number of hydrogen-bond donors (Lipinski definition) is 1. The van der Waals surface area contributed by atoms with E-state index in [4.69, 9.17) is 9.47 Å². The van der Waals surface area contributed by atoms with Crippen LogP contribution in [0.4, 0.5) is 4.79 Å². The molecule has 0 radical (unpaired) electrons. The molecule has 0 bridgehead atoms. The van der Waals surface area contributed by atoms with Crippen LogP contribution in [0.1, 0.15) is 41.0 Å². The van der Waals surface area contributed by atoms with Gasteiger partial charge in [0.25, 0.3) is 0 Å². The Hall–Kier alpha value is -1.52. The Labute approximate surface area is 115 Å². The van der Waals surface area contributed by atoms with Gasteiger partial charge in [0, 0.05) is 5.92 Å². The Morgan fingerprint density at radius 2 is 2.05 bits per heavy atom. The number of alkyl carbamates (subject to hydrolysis) is 1. The second-order valence-electron chi connectivity index (χ2n) is 4.32. The topological polar surface area (TPSA) is 64.6 Å². The summed E-state index contributed by atoms with van der Waals surface area (Å²) >= 11 is 0. The van der Waals surface area contributed by atoms with Crippen LogP contribution in [-0.4, -0.2) is 30.3 Å². The number of esters is 1. The summed E-state index contributed by atoms with van der Waals surface area (Å²) in [6.45, 7) is 13.1. The quantitative estimate of drug-likeness (QED) is 0.616. The van der Waals surface area contributed by atoms with Crippen LogP contribution in [0.3, 0.4) is 0 Å². The number of ether oxygens (including phenoxy) is 2. The zero-order valence-corrected chi connectivity index (χ0v) is 12.5. The molecule has 5 nitrogen and oxygen atoms in total. The van der Waals surface area contributed by atoms with Gasteiger partial charge in [-0.2, -0.15) is 0 Å². The number of carbonyl (C=O) groups excluding carboxylic acids is 2. The van der Waals surface area contributed by atoms with Crippen LogP contribution in [0.2, 0.25) is 0 Å². The Morgan fingerprint density at radius 3 is 2.42 bits per heavy atom. The van der Waals surface area contributed by atoms with Crippen LogP contribution < -0.4 is 5.32 Å². The van der Waals surface area contributed by atoms with Gasteiger partial charge < -0.3 is 14.8 Å². The molecule has 1 aliphatic carbocycles. The predicted octanol–water partition coefficient (Wildman–Crippen LogP) is 2.66. The number of carbonyl (C=O) groups is 2. The van der Waals surface area contributed by atoms with Crippen molar-refractivity contribution in [2.45, 2.75) is 52.7 Å². The zero-order chi connectivity index (χ0) is 15.1. The van der Waals surface area contributed by atoms with Crippen LogP contribution >= 0.6 is 0 Å². The number of nitrogens with one attached hydrogen (secondary N) is 1. The Morgan fingerprint density at radius 1 is 1.47 bits per heavy atom. The first-order chi connectivity index (χ1) is 8.96. The molecule has 1 aliphatic rings. The molecule has 5 heteroatoms. The van der Waals surface area contributed by atoms with Crippen molar-refractivity contribution in [1.82, 2.24) is 5.32 Å². The van der Waals surface area contributed by atoms with Crippen LogP contribution in [0.5, 0.6) is 0 Å². The largest absolute Gasteiger partial charge is 0.464 e. The molecule has 0 saturated heterocycles. The van der Waals surface area contributed by atoms with Crippen LogP contribution in [0.25, 0.3) is 0 Å². The van der Waals surface area contributed by atoms with Gasteiger partial charge in [-0.3, -0.25) is 0 Å². The van der Waals surface area contributed by atoms with Gasteiger partial charge in [-0.05, 0) is 27.2 Å². The summed E-state index contributed by atoms with van der Waals surface area (Å²) < 4.78 is 9.91. The minimum atomic E-state index is -0.969. The van der Waals surface area contributed by atoms with E-state index in [9.17, 15) is 9.59 Å². The summed E-state index contributed by atoms with van der Waals surface area (Å²) in [7, 11) is 0. The van der Waals surface area contributed by atoms with E-state index in [0.717, 1.165) is 0 Å². The maximum Gasteiger partial charge on any atom is 0.408 e. The van der Waals surface area contributed by atoms with Crippen LogP contribution in [-0.2, 0) is 14.3 Å². The first-order valence-corrected chi connectivity index (χ1v) is 6.74. The molecular weight excluding hydrogens is 246 g/mol. The molecule has 1 N–H and O–H groups in total. The van der Waals surface area contributed by atoms with E-state index in [1.807, 2.05) is 13.8 Å². The van der Waals surface area contributed by atoms with Gasteiger partial charge in [-0.25, -0.2) is 9.59 Å². The third-order valence-corrected chi connectivity index (χ3v) is 2.61. The molecule has 1 saturated carbocycles. The summed E-state index contributed by atoms with van der Waals surface area (Å²) in [6, 6.07) is 0. The predicted molar refractivity (Wildman–Crippen MR) is 73.8 cm³/mol. The molecule has 0 aliphatic heterocycles. The molecule has 19 heavy (non-hydrogen) atoms. The molecule has 0 aromatic carbocycles. The molecule has 1 rings (SSSR count). The number of amides is 1. The molecule has 0 heterocycles. The first-order valence-electron chi connectivity index (χ1n) is 6.74. The summed E-state index contributed by atoms with van der Waals surface area (Å²) in [5.41, 5.74) is -0.969. The lowest BCUT2D eigenvalue weighted by atomic mass is 10.2. The zero-order valence-electron chi connectivity index (χ0n) is 12.5. The molecule has 0 aromatic rings. The maximum absolute atomic E-state index is 11.8. The molecule has 110 valence electrons. The average molecular weight is 271 g/mol. The van der Waals surface area contributed by atoms with Crippen molar-refractivity contribution in [2.75, 3.05) is 6.61 Å². The molecule has 0 unspecified atom stereocenters. The fraction of sp³-hybridized carbons (Fsp3) is 0.714. The van der Waals surface area contributed by atoms with Crippen LogP contribution in [0, 0.1) is 5.92 Å². The van der Waals surface area contributed by atoms with E-state index >= 15 is 0 Å². The van der Waals surface area contributed by atoms with Gasteiger partial charge in [0.05, 0.1) is 12.7 Å². The van der Waals surface area contributed by atoms with E-state index in [1.165, 1.54) is 0 Å². The minimum absolute atomic E-state index is 0.0822. The van der Waals surface area contributed by atoms with E-state index in [-0.39, 0.29) is 18.6 Å². The van der Waals surface area contributed by atoms with Gasteiger partial charge in [0.1, 0.15) is 5.54 Å². The van der Waals surface area contributed by atoms with Gasteiger partial charge in [0.15, 0.2) is 0 Å². The van der Waals surface area contributed by atoms with E-state index in [0.29, 0.717) is 6.42 Å². The Kier molecular flexibility index (Phi) is 7.19. The number of rotatable bonds is 5. The van der Waals surface area contributed by atoms with E-state index in [1.54, 1.807) is 26.8 Å². The van der Waals surface area contributed by atoms with Crippen molar-refractivity contribution in [2.24, 2.45) is 5.92 Å². The molecule has 0 spiro atoms. The van der Waals surface area contributed by atoms with Crippen molar-refractivity contribution >= 4 is 12.1 Å². The van der Waals surface area contributed by atoms with Crippen molar-refractivity contribution in [3.8, 4) is 0 Å². The summed E-state index contributed by atoms with van der Waals surface area (Å²) in [5, 5.41) is 2.58. The monoisotopic (exact) mass is 271 g/mol. The third-order valence-electron chi connectivity index (χ3n) is 2.61. The average Bonchev–Trinajstić information content (AvgIpc) is 3.05. The van der Waals surface area contributed by atoms with Gasteiger partial charge in [-0.15, -0.1) is 6.58 Å². The van der Waals surface area contributed by atoms with E-state index in [2.05, 4.69) is 11.9 Å². The van der Waals surface area contributed by atoms with Gasteiger partial charge >= 0.3 is 12.1 Å². The molecular formula is C14H25NO4. The second kappa shape index (κ2) is 7.81. The Bertz CT molecular complexity index is 327. The van der Waals surface area contributed by atoms with Crippen LogP contribution in [0.15, 0.2) is 12.7 Å². The first kappa shape index (κ1) is 17.5. The SMILES string of the molecule is C=C[C@@H]1C[C@]1(NC(=O)OC(C)C)C(=O)OCC.CC. The lowest BCUT2D eigenvalue weighted by Gasteiger charge is -2.18. The van der Waals surface area contributed by atoms with Gasteiger partial charge in [-0.1, -0.05) is 19.9 Å². The fourth-order valence-electron chi connectivity index (χ4n) is 1.69. The summed E-state index contributed by atoms with van der Waals surface area (Å²) in [4.78, 5) is 23.3.